The molecule has 1 aromatic heterocycles. The lowest BCUT2D eigenvalue weighted by molar-refractivity contribution is 0.253. The lowest BCUT2D eigenvalue weighted by Crippen LogP contribution is -2.44. The van der Waals surface area contributed by atoms with Gasteiger partial charge in [-0.2, -0.15) is 0 Å². The number of nitrogens with one attached hydrogen (secondary N) is 1. The fourth-order valence-corrected chi connectivity index (χ4v) is 2.91. The number of piperazine rings is 1. The number of hydrogen-bond acceptors (Lipinski definition) is 5. The van der Waals surface area contributed by atoms with Crippen molar-refractivity contribution in [1.82, 2.24) is 20.2 Å². The number of hydrogen-bond donors (Lipinski definition) is 1. The fraction of sp³-hybridized carbons (Fsp3) is 0.714. The fourth-order valence-electron chi connectivity index (χ4n) is 2.91. The van der Waals surface area contributed by atoms with Gasteiger partial charge in [-0.15, -0.1) is 0 Å². The van der Waals surface area contributed by atoms with Gasteiger partial charge in [0.25, 0.3) is 0 Å². The average molecular weight is 261 g/mol. The topological polar surface area (TPSA) is 44.3 Å². The number of aromatic nitrogens is 2. The van der Waals surface area contributed by atoms with E-state index in [-0.39, 0.29) is 0 Å². The molecular formula is C14H23N5. The van der Waals surface area contributed by atoms with Crippen LogP contribution in [0.3, 0.4) is 0 Å². The van der Waals surface area contributed by atoms with E-state index in [4.69, 9.17) is 4.98 Å². The van der Waals surface area contributed by atoms with Crippen molar-refractivity contribution in [3.05, 3.63) is 18.0 Å². The molecule has 5 heteroatoms. The van der Waals surface area contributed by atoms with Gasteiger partial charge in [0.2, 0.25) is 5.95 Å². The smallest absolute Gasteiger partial charge is 0.225 e. The maximum atomic E-state index is 4.81. The van der Waals surface area contributed by atoms with Crippen molar-refractivity contribution in [2.75, 3.05) is 51.2 Å². The second-order valence-corrected chi connectivity index (χ2v) is 5.60. The van der Waals surface area contributed by atoms with E-state index >= 15 is 0 Å². The molecule has 0 radical (unpaired) electrons. The largest absolute Gasteiger partial charge is 0.338 e. The summed E-state index contributed by atoms with van der Waals surface area (Å²) in [5, 5.41) is 3.36. The third-order valence-corrected chi connectivity index (χ3v) is 4.20. The molecule has 1 N–H and O–H groups in total. The lowest BCUT2D eigenvalue weighted by atomic mass is 9.94. The van der Waals surface area contributed by atoms with Crippen molar-refractivity contribution in [2.24, 2.45) is 0 Å². The molecule has 0 aromatic carbocycles. The molecule has 0 unspecified atom stereocenters. The molecule has 0 saturated carbocycles. The molecule has 0 bridgehead atoms. The molecule has 3 heterocycles. The van der Waals surface area contributed by atoms with Gasteiger partial charge in [0.15, 0.2) is 0 Å². The second kappa shape index (κ2) is 5.84. The monoisotopic (exact) mass is 261 g/mol. The van der Waals surface area contributed by atoms with Gasteiger partial charge in [-0.3, -0.25) is 0 Å². The van der Waals surface area contributed by atoms with E-state index in [1.807, 2.05) is 6.20 Å². The van der Waals surface area contributed by atoms with Crippen LogP contribution in [0.25, 0.3) is 0 Å². The van der Waals surface area contributed by atoms with Crippen LogP contribution >= 0.6 is 0 Å². The van der Waals surface area contributed by atoms with Crippen molar-refractivity contribution in [1.29, 1.82) is 0 Å². The first kappa shape index (κ1) is 12.8. The summed E-state index contributed by atoms with van der Waals surface area (Å²) in [5.74, 6) is 1.53. The van der Waals surface area contributed by atoms with Gasteiger partial charge < -0.3 is 15.1 Å². The zero-order chi connectivity index (χ0) is 13.1. The van der Waals surface area contributed by atoms with Crippen LogP contribution in [0.15, 0.2) is 12.3 Å². The number of anilines is 1. The van der Waals surface area contributed by atoms with Crippen LogP contribution in [0, 0.1) is 0 Å². The third-order valence-electron chi connectivity index (χ3n) is 4.20. The molecule has 0 aliphatic carbocycles. The summed E-state index contributed by atoms with van der Waals surface area (Å²) in [4.78, 5) is 13.9. The third kappa shape index (κ3) is 3.04. The number of rotatable bonds is 2. The molecule has 19 heavy (non-hydrogen) atoms. The number of likely N-dealkylation sites (tertiary alicyclic amines) is 1. The Bertz CT molecular complexity index is 408. The number of nitrogens with zero attached hydrogens (tertiary/aromatic N) is 4. The van der Waals surface area contributed by atoms with Crippen LogP contribution in [-0.4, -0.2) is 61.2 Å². The Balaban J connectivity index is 1.72. The molecule has 3 rings (SSSR count). The highest BCUT2D eigenvalue weighted by molar-refractivity contribution is 5.32. The minimum atomic E-state index is 0.612. The molecule has 2 saturated heterocycles. The van der Waals surface area contributed by atoms with E-state index in [0.717, 1.165) is 32.1 Å². The van der Waals surface area contributed by atoms with E-state index in [9.17, 15) is 0 Å². The maximum Gasteiger partial charge on any atom is 0.225 e. The normalized spacial score (nSPS) is 22.7. The van der Waals surface area contributed by atoms with Crippen LogP contribution in [0.4, 0.5) is 5.95 Å². The Morgan fingerprint density at radius 1 is 1.16 bits per heavy atom. The summed E-state index contributed by atoms with van der Waals surface area (Å²) in [7, 11) is 2.20. The summed E-state index contributed by atoms with van der Waals surface area (Å²) in [6.45, 7) is 6.44. The summed E-state index contributed by atoms with van der Waals surface area (Å²) >= 11 is 0. The van der Waals surface area contributed by atoms with Gasteiger partial charge in [0.1, 0.15) is 0 Å². The minimum absolute atomic E-state index is 0.612. The van der Waals surface area contributed by atoms with Gasteiger partial charge in [-0.05, 0) is 39.0 Å². The quantitative estimate of drug-likeness (QED) is 0.849. The van der Waals surface area contributed by atoms with Crippen molar-refractivity contribution in [2.45, 2.75) is 18.8 Å². The van der Waals surface area contributed by atoms with Crippen LogP contribution < -0.4 is 10.2 Å². The van der Waals surface area contributed by atoms with E-state index in [1.54, 1.807) is 0 Å². The van der Waals surface area contributed by atoms with E-state index in [0.29, 0.717) is 5.92 Å². The van der Waals surface area contributed by atoms with Crippen molar-refractivity contribution >= 4 is 5.95 Å². The lowest BCUT2D eigenvalue weighted by Gasteiger charge is -2.30. The van der Waals surface area contributed by atoms with Gasteiger partial charge in [0, 0.05) is 44.0 Å². The van der Waals surface area contributed by atoms with E-state index in [1.165, 1.54) is 31.6 Å². The van der Waals surface area contributed by atoms with E-state index in [2.05, 4.69) is 33.2 Å². The molecule has 5 nitrogen and oxygen atoms in total. The van der Waals surface area contributed by atoms with Crippen molar-refractivity contribution < 1.29 is 0 Å². The Morgan fingerprint density at radius 3 is 2.63 bits per heavy atom. The molecule has 104 valence electrons. The Kier molecular flexibility index (Phi) is 3.94. The molecule has 0 atom stereocenters. The van der Waals surface area contributed by atoms with Crippen LogP contribution in [0.2, 0.25) is 0 Å². The predicted molar refractivity (Wildman–Crippen MR) is 76.6 cm³/mol. The first-order chi connectivity index (χ1) is 9.33. The molecule has 0 spiro atoms. The van der Waals surface area contributed by atoms with E-state index < -0.39 is 0 Å². The summed E-state index contributed by atoms with van der Waals surface area (Å²) in [5.41, 5.74) is 1.23. The van der Waals surface area contributed by atoms with Gasteiger partial charge in [0.05, 0.1) is 0 Å². The predicted octanol–water partition coefficient (Wildman–Crippen LogP) is 0.695. The maximum absolute atomic E-state index is 4.81. The highest BCUT2D eigenvalue weighted by Gasteiger charge is 2.21. The van der Waals surface area contributed by atoms with Gasteiger partial charge >= 0.3 is 0 Å². The summed E-state index contributed by atoms with van der Waals surface area (Å²) < 4.78 is 0. The molecule has 2 aliphatic rings. The number of piperidine rings is 1. The van der Waals surface area contributed by atoms with Crippen LogP contribution in [0.5, 0.6) is 0 Å². The first-order valence-corrected chi connectivity index (χ1v) is 7.30. The second-order valence-electron chi connectivity index (χ2n) is 5.60. The zero-order valence-electron chi connectivity index (χ0n) is 11.7. The van der Waals surface area contributed by atoms with Gasteiger partial charge in [-0.25, -0.2) is 9.97 Å². The SMILES string of the molecule is CN1CCC(c2ccnc(N3CCNCC3)n2)CC1. The van der Waals surface area contributed by atoms with Crippen LogP contribution in [-0.2, 0) is 0 Å². The highest BCUT2D eigenvalue weighted by atomic mass is 15.3. The average Bonchev–Trinajstić information content (AvgIpc) is 2.49. The molecule has 2 aliphatic heterocycles. The molecule has 2 fully saturated rings. The van der Waals surface area contributed by atoms with Gasteiger partial charge in [-0.1, -0.05) is 0 Å². The summed E-state index contributed by atoms with van der Waals surface area (Å²) in [6, 6.07) is 2.10. The first-order valence-electron chi connectivity index (χ1n) is 7.30. The molecular weight excluding hydrogens is 238 g/mol. The van der Waals surface area contributed by atoms with Crippen LogP contribution in [0.1, 0.15) is 24.5 Å². The van der Waals surface area contributed by atoms with Crippen molar-refractivity contribution in [3.8, 4) is 0 Å². The molecule has 1 aromatic rings. The Morgan fingerprint density at radius 2 is 1.89 bits per heavy atom. The highest BCUT2D eigenvalue weighted by Crippen LogP contribution is 2.26. The standard InChI is InChI=1S/C14H23N5/c1-18-8-3-12(4-9-18)13-2-5-16-14(17-13)19-10-6-15-7-11-19/h2,5,12,15H,3-4,6-11H2,1H3. The zero-order valence-corrected chi connectivity index (χ0v) is 11.7. The van der Waals surface area contributed by atoms with Crippen molar-refractivity contribution in [3.63, 3.8) is 0 Å². The Labute approximate surface area is 115 Å². The summed E-state index contributed by atoms with van der Waals surface area (Å²) in [6.07, 6.45) is 4.36. The molecule has 0 amide bonds. The minimum Gasteiger partial charge on any atom is -0.338 e. The Hall–Kier alpha value is -1.20.